The molecule has 0 saturated carbocycles. The lowest BCUT2D eigenvalue weighted by molar-refractivity contribution is 0.0240. The van der Waals surface area contributed by atoms with Crippen molar-refractivity contribution in [3.05, 3.63) is 0 Å². The molecule has 0 aromatic heterocycles. The average molecular weight is 537 g/mol. The second-order valence-corrected chi connectivity index (χ2v) is 12.6. The van der Waals surface area contributed by atoms with Gasteiger partial charge in [-0.3, -0.25) is 0 Å². The fraction of sp³-hybridized carbons (Fsp3) is 1.00. The van der Waals surface area contributed by atoms with Crippen molar-refractivity contribution in [3.63, 3.8) is 0 Å². The number of unbranched alkanes of at least 4 members (excludes halogenated alkanes) is 27. The highest BCUT2D eigenvalue weighted by Gasteiger charge is 2.32. The molecule has 2 heteroatoms. The summed E-state index contributed by atoms with van der Waals surface area (Å²) in [7, 11) is 0. The molecule has 0 aromatic carbocycles. The van der Waals surface area contributed by atoms with Gasteiger partial charge in [0.1, 0.15) is 6.10 Å². The number of ether oxygens (including phenoxy) is 2. The van der Waals surface area contributed by atoms with Crippen LogP contribution in [0.2, 0.25) is 0 Å². The van der Waals surface area contributed by atoms with Crippen molar-refractivity contribution in [2.75, 3.05) is 13.2 Å². The summed E-state index contributed by atoms with van der Waals surface area (Å²) in [4.78, 5) is 0. The molecule has 2 atom stereocenters. The van der Waals surface area contributed by atoms with Crippen molar-refractivity contribution in [1.82, 2.24) is 0 Å². The van der Waals surface area contributed by atoms with Crippen molar-refractivity contribution in [1.29, 1.82) is 0 Å². The first kappa shape index (κ1) is 35.9. The van der Waals surface area contributed by atoms with E-state index in [-0.39, 0.29) is 0 Å². The van der Waals surface area contributed by atoms with E-state index in [1.54, 1.807) is 0 Å². The van der Waals surface area contributed by atoms with Crippen molar-refractivity contribution >= 4 is 0 Å². The van der Waals surface area contributed by atoms with E-state index in [4.69, 9.17) is 9.47 Å². The number of epoxide rings is 1. The van der Waals surface area contributed by atoms with Gasteiger partial charge in [0.2, 0.25) is 0 Å². The molecule has 2 unspecified atom stereocenters. The molecule has 38 heavy (non-hydrogen) atoms. The zero-order chi connectivity index (χ0) is 27.2. The molecule has 228 valence electrons. The topological polar surface area (TPSA) is 21.8 Å². The Bertz CT molecular complexity index is 433. The predicted molar refractivity (Wildman–Crippen MR) is 169 cm³/mol. The summed E-state index contributed by atoms with van der Waals surface area (Å²) < 4.78 is 11.9. The standard InChI is InChI=1S/C36H72O2/c1-3-5-7-9-11-13-15-17-18-19-20-21-22-24-26-28-30-32-35(36-34-38-36)37-33-31-29-27-25-23-16-14-12-10-8-6-4-2/h35-36H,3-34H2,1-2H3. The molecule has 0 aliphatic carbocycles. The first-order valence-corrected chi connectivity index (χ1v) is 18.1. The van der Waals surface area contributed by atoms with Crippen molar-refractivity contribution in [3.8, 4) is 0 Å². The molecule has 1 aliphatic heterocycles. The lowest BCUT2D eigenvalue weighted by Crippen LogP contribution is -2.20. The minimum Gasteiger partial charge on any atom is -0.375 e. The van der Waals surface area contributed by atoms with Crippen LogP contribution in [0.5, 0.6) is 0 Å². The lowest BCUT2D eigenvalue weighted by Gasteiger charge is -2.16. The Morgan fingerprint density at radius 2 is 0.737 bits per heavy atom. The Labute approximate surface area is 241 Å². The normalized spacial score (nSPS) is 15.8. The molecule has 1 aliphatic rings. The molecule has 0 spiro atoms. The average Bonchev–Trinajstić information content (AvgIpc) is 3.77. The number of hydrogen-bond donors (Lipinski definition) is 0. The minimum absolute atomic E-state index is 0.374. The summed E-state index contributed by atoms with van der Waals surface area (Å²) >= 11 is 0. The van der Waals surface area contributed by atoms with Gasteiger partial charge in [0, 0.05) is 6.61 Å². The third-order valence-electron chi connectivity index (χ3n) is 8.70. The fourth-order valence-electron chi connectivity index (χ4n) is 5.89. The van der Waals surface area contributed by atoms with Gasteiger partial charge >= 0.3 is 0 Å². The lowest BCUT2D eigenvalue weighted by atomic mass is 10.0. The van der Waals surface area contributed by atoms with E-state index in [0.717, 1.165) is 13.2 Å². The van der Waals surface area contributed by atoms with Gasteiger partial charge in [-0.1, -0.05) is 194 Å². The van der Waals surface area contributed by atoms with Gasteiger partial charge in [0.05, 0.1) is 12.7 Å². The van der Waals surface area contributed by atoms with Crippen LogP contribution in [0.3, 0.4) is 0 Å². The van der Waals surface area contributed by atoms with Gasteiger partial charge < -0.3 is 9.47 Å². The van der Waals surface area contributed by atoms with Crippen LogP contribution in [0.1, 0.15) is 206 Å². The molecule has 0 amide bonds. The summed E-state index contributed by atoms with van der Waals surface area (Å²) in [6.07, 6.45) is 43.3. The Balaban J connectivity index is 1.78. The first-order valence-electron chi connectivity index (χ1n) is 18.1. The SMILES string of the molecule is CCCCCCCCCCCCCCCCCCCC(OCCCCCCCCCCCCCC)C1CO1. The van der Waals surface area contributed by atoms with Crippen LogP contribution in [0.15, 0.2) is 0 Å². The molecule has 2 nitrogen and oxygen atoms in total. The molecule has 0 N–H and O–H groups in total. The van der Waals surface area contributed by atoms with E-state index in [1.165, 1.54) is 193 Å². The summed E-state index contributed by atoms with van der Waals surface area (Å²) in [6.45, 7) is 6.48. The van der Waals surface area contributed by atoms with Crippen molar-refractivity contribution in [2.45, 2.75) is 219 Å². The molecular formula is C36H72O2. The van der Waals surface area contributed by atoms with E-state index in [0.29, 0.717) is 12.2 Å². The maximum atomic E-state index is 6.26. The van der Waals surface area contributed by atoms with Crippen LogP contribution in [-0.2, 0) is 9.47 Å². The van der Waals surface area contributed by atoms with E-state index in [9.17, 15) is 0 Å². The molecule has 1 rings (SSSR count). The van der Waals surface area contributed by atoms with Crippen LogP contribution < -0.4 is 0 Å². The van der Waals surface area contributed by atoms with Gasteiger partial charge in [-0.15, -0.1) is 0 Å². The molecule has 0 aromatic rings. The van der Waals surface area contributed by atoms with Gasteiger partial charge in [-0.05, 0) is 12.8 Å². The molecular weight excluding hydrogens is 464 g/mol. The highest BCUT2D eigenvalue weighted by atomic mass is 16.6. The summed E-state index contributed by atoms with van der Waals surface area (Å²) in [6, 6.07) is 0. The number of rotatable bonds is 33. The maximum Gasteiger partial charge on any atom is 0.107 e. The summed E-state index contributed by atoms with van der Waals surface area (Å²) in [5.74, 6) is 0. The molecule has 1 saturated heterocycles. The zero-order valence-corrected chi connectivity index (χ0v) is 26.6. The van der Waals surface area contributed by atoms with E-state index in [1.807, 2.05) is 0 Å². The largest absolute Gasteiger partial charge is 0.375 e. The second-order valence-electron chi connectivity index (χ2n) is 12.6. The molecule has 0 bridgehead atoms. The number of hydrogen-bond acceptors (Lipinski definition) is 2. The minimum atomic E-state index is 0.374. The highest BCUT2D eigenvalue weighted by molar-refractivity contribution is 4.80. The Hall–Kier alpha value is -0.0800. The van der Waals surface area contributed by atoms with Gasteiger partial charge in [-0.25, -0.2) is 0 Å². The fourth-order valence-corrected chi connectivity index (χ4v) is 5.89. The quantitative estimate of drug-likeness (QED) is 0.0614. The molecule has 1 heterocycles. The van der Waals surface area contributed by atoms with Crippen molar-refractivity contribution in [2.24, 2.45) is 0 Å². The zero-order valence-electron chi connectivity index (χ0n) is 26.6. The van der Waals surface area contributed by atoms with Crippen LogP contribution in [0, 0.1) is 0 Å². The Morgan fingerprint density at radius 3 is 1.05 bits per heavy atom. The summed E-state index contributed by atoms with van der Waals surface area (Å²) in [5.41, 5.74) is 0. The Kier molecular flexibility index (Phi) is 28.3. The third-order valence-corrected chi connectivity index (χ3v) is 8.70. The van der Waals surface area contributed by atoms with Gasteiger partial charge in [0.15, 0.2) is 0 Å². The third kappa shape index (κ3) is 26.2. The van der Waals surface area contributed by atoms with E-state index >= 15 is 0 Å². The Morgan fingerprint density at radius 1 is 0.447 bits per heavy atom. The van der Waals surface area contributed by atoms with Crippen LogP contribution in [-0.4, -0.2) is 25.4 Å². The van der Waals surface area contributed by atoms with Crippen molar-refractivity contribution < 1.29 is 9.47 Å². The van der Waals surface area contributed by atoms with Crippen LogP contribution in [0.25, 0.3) is 0 Å². The van der Waals surface area contributed by atoms with Gasteiger partial charge in [0.25, 0.3) is 0 Å². The van der Waals surface area contributed by atoms with E-state index < -0.39 is 0 Å². The second kappa shape index (κ2) is 29.9. The van der Waals surface area contributed by atoms with Gasteiger partial charge in [-0.2, -0.15) is 0 Å². The van der Waals surface area contributed by atoms with Crippen LogP contribution >= 0.6 is 0 Å². The maximum absolute atomic E-state index is 6.26. The summed E-state index contributed by atoms with van der Waals surface area (Å²) in [5, 5.41) is 0. The molecule has 1 fully saturated rings. The van der Waals surface area contributed by atoms with Crippen LogP contribution in [0.4, 0.5) is 0 Å². The highest BCUT2D eigenvalue weighted by Crippen LogP contribution is 2.23. The predicted octanol–water partition coefficient (Wildman–Crippen LogP) is 12.5. The van der Waals surface area contributed by atoms with E-state index in [2.05, 4.69) is 13.8 Å². The monoisotopic (exact) mass is 537 g/mol. The smallest absolute Gasteiger partial charge is 0.107 e. The first-order chi connectivity index (χ1) is 18.9. The molecule has 0 radical (unpaired) electrons.